The van der Waals surface area contributed by atoms with Crippen molar-refractivity contribution in [3.05, 3.63) is 28.2 Å². The minimum absolute atomic E-state index is 0.236. The van der Waals surface area contributed by atoms with Gasteiger partial charge in [0.1, 0.15) is 5.75 Å². The smallest absolute Gasteiger partial charge is 0.134 e. The Kier molecular flexibility index (Phi) is 2.70. The Morgan fingerprint density at radius 1 is 1.60 bits per heavy atom. The van der Waals surface area contributed by atoms with E-state index in [9.17, 15) is 0 Å². The van der Waals surface area contributed by atoms with Crippen molar-refractivity contribution in [1.29, 1.82) is 0 Å². The molecule has 2 rings (SSSR count). The van der Waals surface area contributed by atoms with Gasteiger partial charge in [-0.3, -0.25) is 4.68 Å². The number of thiophene rings is 1. The fourth-order valence-corrected chi connectivity index (χ4v) is 2.29. The second-order valence-corrected chi connectivity index (χ2v) is 4.06. The third kappa shape index (κ3) is 1.73. The lowest BCUT2D eigenvalue weighted by atomic mass is 10.2. The third-order valence-electron chi connectivity index (χ3n) is 2.23. The number of nitrogens with zero attached hydrogens (tertiary/aromatic N) is 3. The highest BCUT2D eigenvalue weighted by Crippen LogP contribution is 2.32. The van der Waals surface area contributed by atoms with Crippen LogP contribution in [0.5, 0.6) is 5.75 Å². The highest BCUT2D eigenvalue weighted by atomic mass is 32.1. The lowest BCUT2D eigenvalue weighted by molar-refractivity contribution is 0.410. The van der Waals surface area contributed by atoms with E-state index in [4.69, 9.17) is 10.5 Å². The number of aromatic nitrogens is 3. The van der Waals surface area contributed by atoms with Crippen LogP contribution in [0.1, 0.15) is 16.6 Å². The van der Waals surface area contributed by atoms with Crippen molar-refractivity contribution in [2.24, 2.45) is 12.8 Å². The topological polar surface area (TPSA) is 66.0 Å². The second kappa shape index (κ2) is 4.00. The molecule has 0 amide bonds. The Hall–Kier alpha value is -1.40. The quantitative estimate of drug-likeness (QED) is 0.842. The van der Waals surface area contributed by atoms with E-state index in [1.807, 2.05) is 18.5 Å². The van der Waals surface area contributed by atoms with Crippen LogP contribution in [-0.4, -0.2) is 22.1 Å². The molecule has 0 aliphatic carbocycles. The fourth-order valence-electron chi connectivity index (χ4n) is 1.42. The van der Waals surface area contributed by atoms with E-state index in [1.165, 1.54) is 0 Å². The first-order valence-corrected chi connectivity index (χ1v) is 5.33. The number of nitrogens with two attached hydrogens (primary N) is 1. The predicted octanol–water partition coefficient (Wildman–Crippen LogP) is 0.933. The number of hydrogen-bond donors (Lipinski definition) is 1. The summed E-state index contributed by atoms with van der Waals surface area (Å²) in [5, 5.41) is 9.61. The van der Waals surface area contributed by atoms with Crippen LogP contribution in [0.15, 0.2) is 17.6 Å². The van der Waals surface area contributed by atoms with Gasteiger partial charge in [0.25, 0.3) is 0 Å². The molecule has 1 unspecified atom stereocenters. The molecule has 0 saturated carbocycles. The first-order valence-electron chi connectivity index (χ1n) is 4.45. The first-order chi connectivity index (χ1) is 7.24. The van der Waals surface area contributed by atoms with Crippen molar-refractivity contribution in [2.45, 2.75) is 6.04 Å². The zero-order valence-corrected chi connectivity index (χ0v) is 9.36. The Morgan fingerprint density at radius 3 is 3.00 bits per heavy atom. The van der Waals surface area contributed by atoms with Gasteiger partial charge in [-0.15, -0.1) is 16.4 Å². The normalized spacial score (nSPS) is 12.7. The predicted molar refractivity (Wildman–Crippen MR) is 57.9 cm³/mol. The molecule has 80 valence electrons. The van der Waals surface area contributed by atoms with E-state index in [2.05, 4.69) is 10.3 Å². The molecule has 0 spiro atoms. The molecular formula is C9H12N4OS. The zero-order valence-electron chi connectivity index (χ0n) is 8.54. The molecule has 2 aromatic heterocycles. The summed E-state index contributed by atoms with van der Waals surface area (Å²) >= 11 is 1.57. The van der Waals surface area contributed by atoms with Crippen LogP contribution in [0.25, 0.3) is 0 Å². The second-order valence-electron chi connectivity index (χ2n) is 3.11. The Labute approximate surface area is 91.5 Å². The molecule has 0 aromatic carbocycles. The average Bonchev–Trinajstić information content (AvgIpc) is 2.84. The molecule has 1 atom stereocenters. The fraction of sp³-hybridized carbons (Fsp3) is 0.333. The number of aryl methyl sites for hydroxylation is 1. The molecule has 0 saturated heterocycles. The maximum atomic E-state index is 6.11. The van der Waals surface area contributed by atoms with E-state index in [1.54, 1.807) is 29.3 Å². The van der Waals surface area contributed by atoms with Crippen molar-refractivity contribution >= 4 is 11.3 Å². The summed E-state index contributed by atoms with van der Waals surface area (Å²) in [5.41, 5.74) is 6.98. The van der Waals surface area contributed by atoms with Gasteiger partial charge < -0.3 is 10.5 Å². The molecule has 0 bridgehead atoms. The molecule has 6 heteroatoms. The van der Waals surface area contributed by atoms with Crippen LogP contribution in [0.3, 0.4) is 0 Å². The Balaban J connectivity index is 2.36. The summed E-state index contributed by atoms with van der Waals surface area (Å²) in [4.78, 5) is 0.989. The van der Waals surface area contributed by atoms with Gasteiger partial charge in [-0.05, 0) is 11.4 Å². The van der Waals surface area contributed by atoms with Crippen molar-refractivity contribution in [3.63, 3.8) is 0 Å². The Morgan fingerprint density at radius 2 is 2.40 bits per heavy atom. The summed E-state index contributed by atoms with van der Waals surface area (Å²) < 4.78 is 6.90. The standard InChI is InChI=1S/C9H12N4OS/c1-13-6(5-11-12-13)8(10)9-7(14-2)3-4-15-9/h3-5,8H,10H2,1-2H3. The van der Waals surface area contributed by atoms with Gasteiger partial charge in [0.05, 0.1) is 29.9 Å². The molecule has 0 aliphatic heterocycles. The molecule has 0 aliphatic rings. The van der Waals surface area contributed by atoms with Crippen LogP contribution in [0.4, 0.5) is 0 Å². The van der Waals surface area contributed by atoms with Gasteiger partial charge in [0.15, 0.2) is 0 Å². The highest BCUT2D eigenvalue weighted by molar-refractivity contribution is 7.10. The van der Waals surface area contributed by atoms with Crippen molar-refractivity contribution < 1.29 is 4.74 Å². The molecular weight excluding hydrogens is 212 g/mol. The van der Waals surface area contributed by atoms with Crippen molar-refractivity contribution in [2.75, 3.05) is 7.11 Å². The molecule has 15 heavy (non-hydrogen) atoms. The van der Waals surface area contributed by atoms with Crippen molar-refractivity contribution in [3.8, 4) is 5.75 Å². The summed E-state index contributed by atoms with van der Waals surface area (Å²) in [6.45, 7) is 0. The Bertz CT molecular complexity index is 450. The van der Waals surface area contributed by atoms with E-state index in [0.29, 0.717) is 0 Å². The zero-order chi connectivity index (χ0) is 10.8. The number of rotatable bonds is 3. The first kappa shape index (κ1) is 10.1. The van der Waals surface area contributed by atoms with Crippen LogP contribution < -0.4 is 10.5 Å². The summed E-state index contributed by atoms with van der Waals surface area (Å²) in [6, 6.07) is 1.67. The van der Waals surface area contributed by atoms with Crippen molar-refractivity contribution in [1.82, 2.24) is 15.0 Å². The van der Waals surface area contributed by atoms with Gasteiger partial charge >= 0.3 is 0 Å². The van der Waals surface area contributed by atoms with Crippen LogP contribution in [0.2, 0.25) is 0 Å². The molecule has 2 N–H and O–H groups in total. The van der Waals surface area contributed by atoms with Gasteiger partial charge in [-0.25, -0.2) is 0 Å². The average molecular weight is 224 g/mol. The number of methoxy groups -OCH3 is 1. The lowest BCUT2D eigenvalue weighted by Gasteiger charge is -2.11. The molecule has 5 nitrogen and oxygen atoms in total. The molecule has 0 fully saturated rings. The van der Waals surface area contributed by atoms with E-state index in [0.717, 1.165) is 16.3 Å². The van der Waals surface area contributed by atoms with Gasteiger partial charge in [0.2, 0.25) is 0 Å². The van der Waals surface area contributed by atoms with Gasteiger partial charge in [0, 0.05) is 7.05 Å². The maximum absolute atomic E-state index is 6.11. The van der Waals surface area contributed by atoms with E-state index in [-0.39, 0.29) is 6.04 Å². The molecule has 2 aromatic rings. The molecule has 0 radical (unpaired) electrons. The SMILES string of the molecule is COc1ccsc1C(N)c1cnnn1C. The lowest BCUT2D eigenvalue weighted by Crippen LogP contribution is -2.15. The number of hydrogen-bond acceptors (Lipinski definition) is 5. The minimum atomic E-state index is -0.236. The van der Waals surface area contributed by atoms with Gasteiger partial charge in [-0.1, -0.05) is 5.21 Å². The number of ether oxygens (including phenoxy) is 1. The van der Waals surface area contributed by atoms with Crippen LogP contribution in [-0.2, 0) is 7.05 Å². The van der Waals surface area contributed by atoms with Crippen LogP contribution >= 0.6 is 11.3 Å². The van der Waals surface area contributed by atoms with E-state index >= 15 is 0 Å². The highest BCUT2D eigenvalue weighted by Gasteiger charge is 2.18. The largest absolute Gasteiger partial charge is 0.496 e. The van der Waals surface area contributed by atoms with Gasteiger partial charge in [-0.2, -0.15) is 0 Å². The maximum Gasteiger partial charge on any atom is 0.134 e. The summed E-state index contributed by atoms with van der Waals surface area (Å²) in [5.74, 6) is 0.814. The minimum Gasteiger partial charge on any atom is -0.496 e. The monoisotopic (exact) mass is 224 g/mol. The summed E-state index contributed by atoms with van der Waals surface area (Å²) in [7, 11) is 3.46. The third-order valence-corrected chi connectivity index (χ3v) is 3.21. The molecule has 2 heterocycles. The summed E-state index contributed by atoms with van der Waals surface area (Å²) in [6.07, 6.45) is 1.67. The van der Waals surface area contributed by atoms with Crippen LogP contribution in [0, 0.1) is 0 Å². The van der Waals surface area contributed by atoms with E-state index < -0.39 is 0 Å².